The van der Waals surface area contributed by atoms with Crippen LogP contribution < -0.4 is 5.73 Å². The quantitative estimate of drug-likeness (QED) is 0.455. The van der Waals surface area contributed by atoms with E-state index in [0.717, 1.165) is 25.0 Å². The predicted octanol–water partition coefficient (Wildman–Crippen LogP) is 1.25. The number of aliphatic carboxylic acids is 1. The van der Waals surface area contributed by atoms with Crippen LogP contribution in [0.25, 0.3) is 0 Å². The normalized spacial score (nSPS) is 12.1. The van der Waals surface area contributed by atoms with Crippen LogP contribution in [0.3, 0.4) is 0 Å². The molecule has 0 aromatic carbocycles. The maximum absolute atomic E-state index is 11.0. The van der Waals surface area contributed by atoms with Gasteiger partial charge in [0.2, 0.25) is 0 Å². The van der Waals surface area contributed by atoms with Crippen molar-refractivity contribution < 1.29 is 19.4 Å². The van der Waals surface area contributed by atoms with E-state index < -0.39 is 12.0 Å². The Bertz CT molecular complexity index is 236. The lowest BCUT2D eigenvalue weighted by atomic mass is 10.2. The third-order valence-corrected chi connectivity index (χ3v) is 3.26. The van der Waals surface area contributed by atoms with Gasteiger partial charge in [-0.25, -0.2) is 0 Å². The van der Waals surface area contributed by atoms with E-state index in [9.17, 15) is 9.59 Å². The van der Waals surface area contributed by atoms with Gasteiger partial charge in [-0.1, -0.05) is 6.42 Å². The lowest BCUT2D eigenvalue weighted by Gasteiger charge is -2.05. The van der Waals surface area contributed by atoms with Crippen LogP contribution >= 0.6 is 11.8 Å². The molecule has 1 atom stereocenters. The third kappa shape index (κ3) is 10.1. The summed E-state index contributed by atoms with van der Waals surface area (Å²) in [5, 5.41) is 8.54. The van der Waals surface area contributed by atoms with E-state index in [0.29, 0.717) is 18.8 Å². The van der Waals surface area contributed by atoms with E-state index >= 15 is 0 Å². The molecule has 0 amide bonds. The molecule has 0 fully saturated rings. The molecule has 0 bridgehead atoms. The Balaban J connectivity index is 3.24. The molecule has 0 heterocycles. The number of hydrogen-bond acceptors (Lipinski definition) is 5. The largest absolute Gasteiger partial charge is 0.480 e. The Morgan fingerprint density at radius 2 is 2.06 bits per heavy atom. The number of carboxylic acids is 1. The van der Waals surface area contributed by atoms with Crippen molar-refractivity contribution in [2.45, 2.75) is 38.6 Å². The molecule has 0 rings (SSSR count). The minimum atomic E-state index is -0.959. The van der Waals surface area contributed by atoms with E-state index in [1.165, 1.54) is 11.8 Å². The molecule has 0 radical (unpaired) electrons. The fourth-order valence-electron chi connectivity index (χ4n) is 1.16. The zero-order valence-electron chi connectivity index (χ0n) is 10.2. The molecule has 0 saturated carbocycles. The number of rotatable bonds is 10. The molecule has 0 aromatic rings. The number of ether oxygens (including phenoxy) is 1. The molecule has 5 nitrogen and oxygen atoms in total. The summed E-state index contributed by atoms with van der Waals surface area (Å²) in [6, 6.07) is -0.778. The highest BCUT2D eigenvalue weighted by atomic mass is 32.2. The molecular weight excluding hydrogens is 242 g/mol. The summed E-state index contributed by atoms with van der Waals surface area (Å²) in [5.41, 5.74) is 5.35. The summed E-state index contributed by atoms with van der Waals surface area (Å²) in [6.45, 7) is 2.22. The summed E-state index contributed by atoms with van der Waals surface area (Å²) in [6.07, 6.45) is 3.21. The van der Waals surface area contributed by atoms with Crippen molar-refractivity contribution in [1.82, 2.24) is 0 Å². The Morgan fingerprint density at radius 1 is 1.35 bits per heavy atom. The van der Waals surface area contributed by atoms with Crippen LogP contribution in [0.4, 0.5) is 0 Å². The molecule has 3 N–H and O–H groups in total. The Morgan fingerprint density at radius 3 is 2.65 bits per heavy atom. The van der Waals surface area contributed by atoms with Gasteiger partial charge >= 0.3 is 11.9 Å². The van der Waals surface area contributed by atoms with E-state index in [2.05, 4.69) is 0 Å². The molecule has 0 saturated heterocycles. The van der Waals surface area contributed by atoms with Gasteiger partial charge in [0, 0.05) is 12.2 Å². The van der Waals surface area contributed by atoms with E-state index in [1.807, 2.05) is 0 Å². The van der Waals surface area contributed by atoms with Crippen LogP contribution in [0.15, 0.2) is 0 Å². The van der Waals surface area contributed by atoms with Crippen molar-refractivity contribution in [1.29, 1.82) is 0 Å². The van der Waals surface area contributed by atoms with Crippen LogP contribution in [0.5, 0.6) is 0 Å². The zero-order chi connectivity index (χ0) is 13.1. The highest BCUT2D eigenvalue weighted by molar-refractivity contribution is 7.99. The summed E-state index contributed by atoms with van der Waals surface area (Å²) in [4.78, 5) is 21.4. The molecule has 100 valence electrons. The first-order chi connectivity index (χ1) is 8.07. The first-order valence-corrected chi connectivity index (χ1v) is 6.95. The first-order valence-electron chi connectivity index (χ1n) is 5.79. The SMILES string of the molecule is CCOC(=O)CCCCCSC[C@@H](N)C(=O)O. The topological polar surface area (TPSA) is 89.6 Å². The second-order valence-electron chi connectivity index (χ2n) is 3.64. The number of esters is 1. The highest BCUT2D eigenvalue weighted by Gasteiger charge is 2.10. The second-order valence-corrected chi connectivity index (χ2v) is 4.79. The Hall–Kier alpha value is -0.750. The number of hydrogen-bond donors (Lipinski definition) is 2. The van der Waals surface area contributed by atoms with E-state index in [4.69, 9.17) is 15.6 Å². The molecule has 0 spiro atoms. The molecule has 0 unspecified atom stereocenters. The number of unbranched alkanes of at least 4 members (excludes halogenated alkanes) is 2. The van der Waals surface area contributed by atoms with Crippen LogP contribution in [-0.4, -0.2) is 41.2 Å². The fourth-order valence-corrected chi connectivity index (χ4v) is 2.14. The highest BCUT2D eigenvalue weighted by Crippen LogP contribution is 2.09. The molecule has 0 aliphatic rings. The number of thioether (sulfide) groups is 1. The molecule has 0 aromatic heterocycles. The lowest BCUT2D eigenvalue weighted by Crippen LogP contribution is -2.32. The molecule has 6 heteroatoms. The van der Waals surface area contributed by atoms with Crippen LogP contribution in [0, 0.1) is 0 Å². The van der Waals surface area contributed by atoms with E-state index in [1.54, 1.807) is 6.92 Å². The van der Waals surface area contributed by atoms with Crippen molar-refractivity contribution in [3.05, 3.63) is 0 Å². The maximum atomic E-state index is 11.0. The van der Waals surface area contributed by atoms with Gasteiger partial charge in [-0.05, 0) is 25.5 Å². The van der Waals surface area contributed by atoms with Gasteiger partial charge in [-0.3, -0.25) is 9.59 Å². The van der Waals surface area contributed by atoms with Gasteiger partial charge in [-0.15, -0.1) is 0 Å². The standard InChI is InChI=1S/C11H21NO4S/c1-2-16-10(13)6-4-3-5-7-17-8-9(12)11(14)15/h9H,2-8,12H2,1H3,(H,14,15)/t9-/m1/s1. The van der Waals surface area contributed by atoms with Crippen molar-refractivity contribution in [3.8, 4) is 0 Å². The number of nitrogens with two attached hydrogens (primary N) is 1. The zero-order valence-corrected chi connectivity index (χ0v) is 11.0. The lowest BCUT2D eigenvalue weighted by molar-refractivity contribution is -0.143. The maximum Gasteiger partial charge on any atom is 0.321 e. The Kier molecular flexibility index (Phi) is 9.95. The van der Waals surface area contributed by atoms with Gasteiger partial charge in [0.15, 0.2) is 0 Å². The average molecular weight is 263 g/mol. The van der Waals surface area contributed by atoms with Crippen molar-refractivity contribution in [2.24, 2.45) is 5.73 Å². The van der Waals surface area contributed by atoms with Crippen molar-refractivity contribution in [2.75, 3.05) is 18.1 Å². The average Bonchev–Trinajstić information content (AvgIpc) is 2.27. The molecule has 0 aliphatic heterocycles. The third-order valence-electron chi connectivity index (χ3n) is 2.09. The van der Waals surface area contributed by atoms with Crippen LogP contribution in [0.1, 0.15) is 32.6 Å². The van der Waals surface area contributed by atoms with Crippen LogP contribution in [-0.2, 0) is 14.3 Å². The van der Waals surface area contributed by atoms with Gasteiger partial charge in [0.05, 0.1) is 6.61 Å². The van der Waals surface area contributed by atoms with Gasteiger partial charge in [0.1, 0.15) is 6.04 Å². The summed E-state index contributed by atoms with van der Waals surface area (Å²) >= 11 is 1.54. The van der Waals surface area contributed by atoms with Crippen molar-refractivity contribution in [3.63, 3.8) is 0 Å². The minimum Gasteiger partial charge on any atom is -0.480 e. The fraction of sp³-hybridized carbons (Fsp3) is 0.818. The molecule has 17 heavy (non-hydrogen) atoms. The van der Waals surface area contributed by atoms with Gasteiger partial charge in [-0.2, -0.15) is 11.8 Å². The second kappa shape index (κ2) is 10.4. The monoisotopic (exact) mass is 263 g/mol. The van der Waals surface area contributed by atoms with Crippen molar-refractivity contribution >= 4 is 23.7 Å². The smallest absolute Gasteiger partial charge is 0.321 e. The number of carbonyl (C=O) groups is 2. The summed E-state index contributed by atoms with van der Waals surface area (Å²) < 4.78 is 4.80. The predicted molar refractivity (Wildman–Crippen MR) is 68.0 cm³/mol. The van der Waals surface area contributed by atoms with Gasteiger partial charge < -0.3 is 15.6 Å². The summed E-state index contributed by atoms with van der Waals surface area (Å²) in [5.74, 6) is 0.213. The van der Waals surface area contributed by atoms with Crippen LogP contribution in [0.2, 0.25) is 0 Å². The minimum absolute atomic E-state index is 0.145. The number of carbonyl (C=O) groups excluding carboxylic acids is 1. The Labute approximate surface area is 106 Å². The van der Waals surface area contributed by atoms with Gasteiger partial charge in [0.25, 0.3) is 0 Å². The number of carboxylic acid groups (broad SMARTS) is 1. The van der Waals surface area contributed by atoms with E-state index in [-0.39, 0.29) is 5.97 Å². The molecular formula is C11H21NO4S. The molecule has 0 aliphatic carbocycles. The summed E-state index contributed by atoms with van der Waals surface area (Å²) in [7, 11) is 0. The first kappa shape index (κ1) is 16.2.